The normalized spacial score (nSPS) is 12.5. The summed E-state index contributed by atoms with van der Waals surface area (Å²) in [4.78, 5) is 0. The molecule has 0 spiro atoms. The van der Waals surface area contributed by atoms with Crippen LogP contribution in [0.4, 0.5) is 5.69 Å². The topological polar surface area (TPSA) is 55.5 Å². The number of hydrogen-bond donors (Lipinski definition) is 2. The van der Waals surface area contributed by atoms with Crippen LogP contribution in [-0.2, 0) is 0 Å². The predicted molar refractivity (Wildman–Crippen MR) is 47.8 cm³/mol. The summed E-state index contributed by atoms with van der Waals surface area (Å²) in [6, 6.07) is 6.93. The summed E-state index contributed by atoms with van der Waals surface area (Å²) in [5, 5.41) is 9.13. The maximum absolute atomic E-state index is 9.13. The van der Waals surface area contributed by atoms with Gasteiger partial charge in [-0.15, -0.1) is 0 Å². The molecule has 0 fully saturated rings. The second-order valence-corrected chi connectivity index (χ2v) is 2.55. The van der Waals surface area contributed by atoms with Crippen molar-refractivity contribution >= 4 is 5.69 Å². The van der Waals surface area contributed by atoms with Gasteiger partial charge in [0.15, 0.2) is 6.29 Å². The second-order valence-electron chi connectivity index (χ2n) is 2.55. The van der Waals surface area contributed by atoms with Gasteiger partial charge in [-0.2, -0.15) is 0 Å². The molecule has 1 atom stereocenters. The molecule has 0 amide bonds. The van der Waals surface area contributed by atoms with Crippen molar-refractivity contribution in [3.63, 3.8) is 0 Å². The molecule has 3 heteroatoms. The lowest BCUT2D eigenvalue weighted by Gasteiger charge is -2.10. The third-order valence-corrected chi connectivity index (χ3v) is 1.50. The van der Waals surface area contributed by atoms with Crippen molar-refractivity contribution in [1.29, 1.82) is 0 Å². The molecule has 0 radical (unpaired) electrons. The summed E-state index contributed by atoms with van der Waals surface area (Å²) in [5.41, 5.74) is 6.16. The van der Waals surface area contributed by atoms with Crippen LogP contribution >= 0.6 is 0 Å². The van der Waals surface area contributed by atoms with E-state index in [2.05, 4.69) is 0 Å². The first kappa shape index (κ1) is 8.87. The number of hydrogen-bond acceptors (Lipinski definition) is 3. The van der Waals surface area contributed by atoms with Crippen LogP contribution < -0.4 is 10.5 Å². The molecule has 0 aliphatic heterocycles. The lowest BCUT2D eigenvalue weighted by Crippen LogP contribution is -2.13. The Bertz CT molecular complexity index is 233. The highest BCUT2D eigenvalue weighted by molar-refractivity contribution is 5.41. The zero-order valence-electron chi connectivity index (χ0n) is 7.03. The maximum Gasteiger partial charge on any atom is 0.197 e. The van der Waals surface area contributed by atoms with E-state index >= 15 is 0 Å². The van der Waals surface area contributed by atoms with Crippen LogP contribution in [0.2, 0.25) is 0 Å². The quantitative estimate of drug-likeness (QED) is 0.528. The number of benzene rings is 1. The Morgan fingerprint density at radius 3 is 2.50 bits per heavy atom. The summed E-state index contributed by atoms with van der Waals surface area (Å²) < 4.78 is 5.12. The van der Waals surface area contributed by atoms with Crippen LogP contribution in [0.15, 0.2) is 24.3 Å². The van der Waals surface area contributed by atoms with E-state index in [9.17, 15) is 0 Å². The molecule has 0 saturated carbocycles. The third kappa shape index (κ3) is 2.43. The highest BCUT2D eigenvalue weighted by atomic mass is 16.6. The van der Waals surface area contributed by atoms with Crippen LogP contribution in [0.1, 0.15) is 13.3 Å². The molecular weight excluding hydrogens is 154 g/mol. The smallest absolute Gasteiger partial charge is 0.197 e. The minimum atomic E-state index is -0.728. The summed E-state index contributed by atoms with van der Waals surface area (Å²) in [6.45, 7) is 1.85. The van der Waals surface area contributed by atoms with Gasteiger partial charge in [0.25, 0.3) is 0 Å². The first-order valence-corrected chi connectivity index (χ1v) is 3.92. The monoisotopic (exact) mass is 167 g/mol. The highest BCUT2D eigenvalue weighted by Crippen LogP contribution is 2.14. The number of ether oxygens (including phenoxy) is 1. The predicted octanol–water partition coefficient (Wildman–Crippen LogP) is 1.38. The number of rotatable bonds is 3. The maximum atomic E-state index is 9.13. The molecule has 1 unspecified atom stereocenters. The molecule has 0 aliphatic carbocycles. The Balaban J connectivity index is 2.58. The van der Waals surface area contributed by atoms with Gasteiger partial charge in [0, 0.05) is 12.1 Å². The van der Waals surface area contributed by atoms with E-state index in [4.69, 9.17) is 15.6 Å². The molecular formula is C9H13NO2. The Morgan fingerprint density at radius 1 is 1.42 bits per heavy atom. The Labute approximate surface area is 71.8 Å². The molecule has 1 aromatic rings. The van der Waals surface area contributed by atoms with Crippen LogP contribution in [0.3, 0.4) is 0 Å². The molecule has 66 valence electrons. The largest absolute Gasteiger partial charge is 0.465 e. The van der Waals surface area contributed by atoms with Gasteiger partial charge in [0.2, 0.25) is 0 Å². The molecule has 3 N–H and O–H groups in total. The second kappa shape index (κ2) is 3.97. The molecule has 1 aromatic carbocycles. The van der Waals surface area contributed by atoms with Crippen molar-refractivity contribution in [3.8, 4) is 5.75 Å². The van der Waals surface area contributed by atoms with Crippen molar-refractivity contribution < 1.29 is 9.84 Å². The van der Waals surface area contributed by atoms with Crippen molar-refractivity contribution in [2.75, 3.05) is 5.73 Å². The fourth-order valence-corrected chi connectivity index (χ4v) is 0.787. The highest BCUT2D eigenvalue weighted by Gasteiger charge is 2.00. The molecule has 12 heavy (non-hydrogen) atoms. The van der Waals surface area contributed by atoms with E-state index < -0.39 is 6.29 Å². The minimum absolute atomic E-state index is 0.574. The van der Waals surface area contributed by atoms with E-state index in [1.807, 2.05) is 6.92 Å². The van der Waals surface area contributed by atoms with Gasteiger partial charge < -0.3 is 15.6 Å². The fraction of sp³-hybridized carbons (Fsp3) is 0.333. The number of nitrogen functional groups attached to an aromatic ring is 1. The van der Waals surface area contributed by atoms with Gasteiger partial charge in [0.1, 0.15) is 5.75 Å². The van der Waals surface area contributed by atoms with Gasteiger partial charge >= 0.3 is 0 Å². The lowest BCUT2D eigenvalue weighted by atomic mass is 10.3. The number of anilines is 1. The van der Waals surface area contributed by atoms with Crippen LogP contribution in [0.5, 0.6) is 5.75 Å². The van der Waals surface area contributed by atoms with Gasteiger partial charge in [-0.25, -0.2) is 0 Å². The molecule has 0 bridgehead atoms. The van der Waals surface area contributed by atoms with Crippen LogP contribution in [0.25, 0.3) is 0 Å². The van der Waals surface area contributed by atoms with E-state index in [0.717, 1.165) is 0 Å². The molecule has 0 aliphatic rings. The minimum Gasteiger partial charge on any atom is -0.465 e. The average Bonchev–Trinajstić information content (AvgIpc) is 2.09. The third-order valence-electron chi connectivity index (χ3n) is 1.50. The van der Waals surface area contributed by atoms with Gasteiger partial charge in [-0.3, -0.25) is 0 Å². The zero-order chi connectivity index (χ0) is 8.97. The SMILES string of the molecule is CCC(O)Oc1ccc(N)cc1. The van der Waals surface area contributed by atoms with Gasteiger partial charge in [-0.05, 0) is 24.3 Å². The summed E-state index contributed by atoms with van der Waals surface area (Å²) in [6.07, 6.45) is -0.154. The Morgan fingerprint density at radius 2 is 2.00 bits per heavy atom. The first-order chi connectivity index (χ1) is 5.72. The van der Waals surface area contributed by atoms with Gasteiger partial charge in [-0.1, -0.05) is 6.92 Å². The average molecular weight is 167 g/mol. The molecule has 3 nitrogen and oxygen atoms in total. The number of nitrogens with two attached hydrogens (primary N) is 1. The van der Waals surface area contributed by atoms with E-state index in [1.54, 1.807) is 24.3 Å². The summed E-state index contributed by atoms with van der Waals surface area (Å²) in [7, 11) is 0. The van der Waals surface area contributed by atoms with E-state index in [0.29, 0.717) is 17.9 Å². The van der Waals surface area contributed by atoms with Crippen LogP contribution in [-0.4, -0.2) is 11.4 Å². The zero-order valence-corrected chi connectivity index (χ0v) is 7.03. The van der Waals surface area contributed by atoms with Crippen molar-refractivity contribution in [2.24, 2.45) is 0 Å². The summed E-state index contributed by atoms with van der Waals surface area (Å²) >= 11 is 0. The standard InChI is InChI=1S/C9H13NO2/c1-2-9(11)12-8-5-3-7(10)4-6-8/h3-6,9,11H,2,10H2,1H3. The van der Waals surface area contributed by atoms with Crippen molar-refractivity contribution in [3.05, 3.63) is 24.3 Å². The first-order valence-electron chi connectivity index (χ1n) is 3.92. The van der Waals surface area contributed by atoms with Crippen molar-refractivity contribution in [2.45, 2.75) is 19.6 Å². The van der Waals surface area contributed by atoms with E-state index in [-0.39, 0.29) is 0 Å². The van der Waals surface area contributed by atoms with E-state index in [1.165, 1.54) is 0 Å². The number of aliphatic hydroxyl groups is 1. The Kier molecular flexibility index (Phi) is 2.94. The molecule has 0 saturated heterocycles. The molecule has 0 heterocycles. The molecule has 0 aromatic heterocycles. The van der Waals surface area contributed by atoms with Crippen LogP contribution in [0, 0.1) is 0 Å². The van der Waals surface area contributed by atoms with Gasteiger partial charge in [0.05, 0.1) is 0 Å². The summed E-state index contributed by atoms with van der Waals surface area (Å²) in [5.74, 6) is 0.638. The Hall–Kier alpha value is -1.22. The fourth-order valence-electron chi connectivity index (χ4n) is 0.787. The molecule has 1 rings (SSSR count). The van der Waals surface area contributed by atoms with Crippen molar-refractivity contribution in [1.82, 2.24) is 0 Å². The lowest BCUT2D eigenvalue weighted by molar-refractivity contribution is -0.0191. The number of aliphatic hydroxyl groups excluding tert-OH is 1.